The van der Waals surface area contributed by atoms with Crippen LogP contribution in [-0.4, -0.2) is 40.1 Å². The smallest absolute Gasteiger partial charge is 0.321 e. The molecule has 1 unspecified atom stereocenters. The Balaban J connectivity index is 3.87. The molecule has 0 aliphatic carbocycles. The van der Waals surface area contributed by atoms with Crippen LogP contribution < -0.4 is 5.32 Å². The van der Waals surface area contributed by atoms with Crippen molar-refractivity contribution in [2.45, 2.75) is 12.5 Å². The summed E-state index contributed by atoms with van der Waals surface area (Å²) >= 11 is 3.09. The molecule has 0 heterocycles. The molecule has 1 atom stereocenters. The third kappa shape index (κ3) is 5.09. The van der Waals surface area contributed by atoms with Gasteiger partial charge in [-0.05, 0) is 0 Å². The van der Waals surface area contributed by atoms with Crippen LogP contribution in [0, 0.1) is 0 Å². The number of hydrogen-bond donors (Lipinski definition) is 3. The molecule has 0 bridgehead atoms. The number of aliphatic carboxylic acids is 2. The summed E-state index contributed by atoms with van der Waals surface area (Å²) in [5.74, 6) is -2.26. The van der Waals surface area contributed by atoms with Crippen molar-refractivity contribution in [2.75, 3.05) is 11.9 Å². The van der Waals surface area contributed by atoms with Gasteiger partial charge in [0.2, 0.25) is 0 Å². The van der Waals surface area contributed by atoms with Crippen LogP contribution in [-0.2, 0) is 9.59 Å². The molecule has 0 radical (unpaired) electrons. The zero-order valence-corrected chi connectivity index (χ0v) is 7.87. The van der Waals surface area contributed by atoms with Crippen molar-refractivity contribution < 1.29 is 19.8 Å². The lowest BCUT2D eigenvalue weighted by Crippen LogP contribution is -2.39. The van der Waals surface area contributed by atoms with Crippen LogP contribution in [0.3, 0.4) is 0 Å². The highest BCUT2D eigenvalue weighted by Gasteiger charge is 2.19. The van der Waals surface area contributed by atoms with Gasteiger partial charge in [-0.2, -0.15) is 0 Å². The summed E-state index contributed by atoms with van der Waals surface area (Å²) in [7, 11) is 0. The maximum absolute atomic E-state index is 10.4. The normalized spacial score (nSPS) is 12.4. The number of carboxylic acid groups (broad SMARTS) is 2. The first-order valence-electron chi connectivity index (χ1n) is 3.32. The van der Waals surface area contributed by atoms with Gasteiger partial charge < -0.3 is 15.5 Å². The Labute approximate surface area is 77.9 Å². The SMILES string of the molecule is O=C(O)CC(NCCBr)C(=O)O. The Bertz CT molecular complexity index is 173. The molecule has 0 fully saturated rings. The maximum Gasteiger partial charge on any atom is 0.321 e. The van der Waals surface area contributed by atoms with Gasteiger partial charge in [0.1, 0.15) is 6.04 Å². The summed E-state index contributed by atoms with van der Waals surface area (Å²) in [5.41, 5.74) is 0. The maximum atomic E-state index is 10.4. The van der Waals surface area contributed by atoms with Gasteiger partial charge >= 0.3 is 11.9 Å². The summed E-state index contributed by atoms with van der Waals surface area (Å²) < 4.78 is 0. The Kier molecular flexibility index (Phi) is 5.65. The molecule has 0 saturated heterocycles. The fourth-order valence-electron chi connectivity index (χ4n) is 0.650. The second-order valence-electron chi connectivity index (χ2n) is 2.13. The number of nitrogens with one attached hydrogen (secondary N) is 1. The summed E-state index contributed by atoms with van der Waals surface area (Å²) in [6.07, 6.45) is -0.400. The minimum atomic E-state index is -1.14. The predicted octanol–water partition coefficient (Wildman–Crippen LogP) is -0.101. The van der Waals surface area contributed by atoms with Crippen molar-refractivity contribution in [3.63, 3.8) is 0 Å². The Hall–Kier alpha value is -0.620. The van der Waals surface area contributed by atoms with Crippen LogP contribution in [0.25, 0.3) is 0 Å². The van der Waals surface area contributed by atoms with Gasteiger partial charge in [-0.3, -0.25) is 9.59 Å². The first kappa shape index (κ1) is 11.4. The highest BCUT2D eigenvalue weighted by Crippen LogP contribution is 1.92. The van der Waals surface area contributed by atoms with E-state index >= 15 is 0 Å². The van der Waals surface area contributed by atoms with Gasteiger partial charge in [0, 0.05) is 11.9 Å². The standard InChI is InChI=1S/C6H10BrNO4/c7-1-2-8-4(6(11)12)3-5(9)10/h4,8H,1-3H2,(H,9,10)(H,11,12). The lowest BCUT2D eigenvalue weighted by atomic mass is 10.2. The van der Waals surface area contributed by atoms with Crippen LogP contribution in [0.4, 0.5) is 0 Å². The second kappa shape index (κ2) is 5.96. The quantitative estimate of drug-likeness (QED) is 0.564. The molecular formula is C6H10BrNO4. The van der Waals surface area contributed by atoms with E-state index in [0.717, 1.165) is 0 Å². The van der Waals surface area contributed by atoms with E-state index in [2.05, 4.69) is 21.2 Å². The van der Waals surface area contributed by atoms with Crippen molar-refractivity contribution in [3.05, 3.63) is 0 Å². The van der Waals surface area contributed by atoms with Crippen LogP contribution >= 0.6 is 15.9 Å². The average Bonchev–Trinajstić information content (AvgIpc) is 1.96. The van der Waals surface area contributed by atoms with Gasteiger partial charge in [-0.15, -0.1) is 0 Å². The van der Waals surface area contributed by atoms with Crippen molar-refractivity contribution in [2.24, 2.45) is 0 Å². The zero-order chi connectivity index (χ0) is 9.56. The van der Waals surface area contributed by atoms with E-state index in [1.54, 1.807) is 0 Å². The van der Waals surface area contributed by atoms with Crippen molar-refractivity contribution in [3.8, 4) is 0 Å². The van der Waals surface area contributed by atoms with E-state index in [4.69, 9.17) is 10.2 Å². The largest absolute Gasteiger partial charge is 0.481 e. The molecule has 0 aliphatic heterocycles. The molecule has 5 nitrogen and oxygen atoms in total. The molecule has 0 aliphatic rings. The van der Waals surface area contributed by atoms with E-state index in [0.29, 0.717) is 11.9 Å². The van der Waals surface area contributed by atoms with E-state index in [1.807, 2.05) is 0 Å². The summed E-state index contributed by atoms with van der Waals surface area (Å²) in [6.45, 7) is 0.435. The number of carbonyl (C=O) groups is 2. The Morgan fingerprint density at radius 2 is 2.00 bits per heavy atom. The molecule has 70 valence electrons. The lowest BCUT2D eigenvalue weighted by Gasteiger charge is -2.10. The molecule has 0 rings (SSSR count). The number of rotatable bonds is 6. The van der Waals surface area contributed by atoms with Gasteiger partial charge in [-0.1, -0.05) is 15.9 Å². The van der Waals surface area contributed by atoms with Crippen molar-refractivity contribution in [1.29, 1.82) is 0 Å². The summed E-state index contributed by atoms with van der Waals surface area (Å²) in [5, 5.41) is 20.0. The van der Waals surface area contributed by atoms with E-state index in [9.17, 15) is 9.59 Å². The van der Waals surface area contributed by atoms with E-state index in [-0.39, 0.29) is 0 Å². The molecule has 0 spiro atoms. The molecule has 12 heavy (non-hydrogen) atoms. The minimum absolute atomic E-state index is 0.400. The monoisotopic (exact) mass is 239 g/mol. The van der Waals surface area contributed by atoms with Crippen LogP contribution in [0.5, 0.6) is 0 Å². The van der Waals surface area contributed by atoms with E-state index < -0.39 is 24.4 Å². The second-order valence-corrected chi connectivity index (χ2v) is 2.92. The lowest BCUT2D eigenvalue weighted by molar-refractivity contribution is -0.145. The highest BCUT2D eigenvalue weighted by atomic mass is 79.9. The first-order valence-corrected chi connectivity index (χ1v) is 4.44. The fourth-order valence-corrected chi connectivity index (χ4v) is 0.879. The first-order chi connectivity index (χ1) is 5.57. The Morgan fingerprint density at radius 3 is 2.33 bits per heavy atom. The fraction of sp³-hybridized carbons (Fsp3) is 0.667. The molecule has 0 aromatic carbocycles. The van der Waals surface area contributed by atoms with Gasteiger partial charge in [-0.25, -0.2) is 0 Å². The topological polar surface area (TPSA) is 86.6 Å². The molecule has 0 aromatic heterocycles. The van der Waals surface area contributed by atoms with E-state index in [1.165, 1.54) is 0 Å². The molecule has 0 amide bonds. The molecule has 0 aromatic rings. The average molecular weight is 240 g/mol. The number of carboxylic acids is 2. The molecular weight excluding hydrogens is 230 g/mol. The van der Waals surface area contributed by atoms with Crippen LogP contribution in [0.1, 0.15) is 6.42 Å². The number of hydrogen-bond acceptors (Lipinski definition) is 3. The summed E-state index contributed by atoms with van der Waals surface area (Å²) in [6, 6.07) is -1.000. The zero-order valence-electron chi connectivity index (χ0n) is 6.29. The Morgan fingerprint density at radius 1 is 1.42 bits per heavy atom. The number of halogens is 1. The van der Waals surface area contributed by atoms with Crippen LogP contribution in [0.15, 0.2) is 0 Å². The minimum Gasteiger partial charge on any atom is -0.481 e. The molecule has 6 heteroatoms. The third-order valence-corrected chi connectivity index (χ3v) is 1.56. The highest BCUT2D eigenvalue weighted by molar-refractivity contribution is 9.09. The van der Waals surface area contributed by atoms with Gasteiger partial charge in [0.25, 0.3) is 0 Å². The molecule has 3 N–H and O–H groups in total. The molecule has 0 saturated carbocycles. The van der Waals surface area contributed by atoms with Crippen molar-refractivity contribution in [1.82, 2.24) is 5.32 Å². The van der Waals surface area contributed by atoms with Gasteiger partial charge in [0.05, 0.1) is 6.42 Å². The van der Waals surface area contributed by atoms with Crippen LogP contribution in [0.2, 0.25) is 0 Å². The predicted molar refractivity (Wildman–Crippen MR) is 45.5 cm³/mol. The number of alkyl halides is 1. The third-order valence-electron chi connectivity index (χ3n) is 1.16. The van der Waals surface area contributed by atoms with Gasteiger partial charge in [0.15, 0.2) is 0 Å². The van der Waals surface area contributed by atoms with Crippen molar-refractivity contribution >= 4 is 27.9 Å². The summed E-state index contributed by atoms with van der Waals surface area (Å²) in [4.78, 5) is 20.6.